The maximum absolute atomic E-state index is 5.02. The topological polar surface area (TPSA) is 50.3 Å². The van der Waals surface area contributed by atoms with Crippen LogP contribution in [-0.4, -0.2) is 36.8 Å². The van der Waals surface area contributed by atoms with Crippen molar-refractivity contribution in [2.24, 2.45) is 0 Å². The Morgan fingerprint density at radius 3 is 2.86 bits per heavy atom. The Morgan fingerprint density at radius 1 is 1.33 bits per heavy atom. The number of nitrogens with zero attached hydrogens (tertiary/aromatic N) is 3. The molecule has 0 fully saturated rings. The third-order valence-electron chi connectivity index (χ3n) is 3.10. The van der Waals surface area contributed by atoms with Gasteiger partial charge in [-0.05, 0) is 24.6 Å². The fourth-order valence-corrected chi connectivity index (χ4v) is 2.88. The lowest BCUT2D eigenvalue weighted by Gasteiger charge is -2.19. The van der Waals surface area contributed by atoms with Crippen molar-refractivity contribution in [1.29, 1.82) is 0 Å². The first-order valence-electron chi connectivity index (χ1n) is 7.11. The smallest absolute Gasteiger partial charge is 0.185 e. The summed E-state index contributed by atoms with van der Waals surface area (Å²) in [6.45, 7) is 6.38. The maximum atomic E-state index is 5.02. The number of pyridine rings is 1. The molecule has 0 aliphatic rings. The number of hydrogen-bond donors (Lipinski definition) is 1. The first kappa shape index (κ1) is 15.9. The van der Waals surface area contributed by atoms with Gasteiger partial charge >= 0.3 is 0 Å². The number of ether oxygens (including phenoxy) is 1. The van der Waals surface area contributed by atoms with Gasteiger partial charge in [0.2, 0.25) is 0 Å². The highest BCUT2D eigenvalue weighted by atomic mass is 32.1. The van der Waals surface area contributed by atoms with E-state index in [9.17, 15) is 0 Å². The van der Waals surface area contributed by atoms with Crippen molar-refractivity contribution >= 4 is 16.5 Å². The molecular weight excluding hydrogens is 284 g/mol. The van der Waals surface area contributed by atoms with Crippen molar-refractivity contribution in [3.05, 3.63) is 41.2 Å². The van der Waals surface area contributed by atoms with Crippen LogP contribution in [-0.2, 0) is 17.8 Å². The zero-order valence-electron chi connectivity index (χ0n) is 12.6. The summed E-state index contributed by atoms with van der Waals surface area (Å²) in [7, 11) is 1.71. The third kappa shape index (κ3) is 5.08. The summed E-state index contributed by atoms with van der Waals surface area (Å²) in [4.78, 5) is 12.1. The lowest BCUT2D eigenvalue weighted by molar-refractivity contribution is 0.199. The van der Waals surface area contributed by atoms with Gasteiger partial charge in [-0.3, -0.25) is 4.98 Å². The summed E-state index contributed by atoms with van der Waals surface area (Å²) < 4.78 is 5.02. The lowest BCUT2D eigenvalue weighted by Crippen LogP contribution is -2.21. The predicted octanol–water partition coefficient (Wildman–Crippen LogP) is 2.30. The highest BCUT2D eigenvalue weighted by Gasteiger charge is 2.10. The van der Waals surface area contributed by atoms with Gasteiger partial charge in [-0.15, -0.1) is 11.3 Å². The summed E-state index contributed by atoms with van der Waals surface area (Å²) in [5, 5.41) is 4.41. The molecule has 1 N–H and O–H groups in total. The second kappa shape index (κ2) is 8.71. The molecular formula is C15H22N4OS. The molecule has 0 saturated heterocycles. The molecule has 0 bridgehead atoms. The zero-order valence-corrected chi connectivity index (χ0v) is 13.4. The van der Waals surface area contributed by atoms with Gasteiger partial charge in [-0.2, -0.15) is 0 Å². The SMILES string of the molecule is CCN(Cc1ccncc1)c1ncc(CNCCOC)s1. The summed E-state index contributed by atoms with van der Waals surface area (Å²) in [6.07, 6.45) is 5.61. The summed E-state index contributed by atoms with van der Waals surface area (Å²) >= 11 is 1.74. The summed E-state index contributed by atoms with van der Waals surface area (Å²) in [5.74, 6) is 0. The minimum Gasteiger partial charge on any atom is -0.383 e. The quantitative estimate of drug-likeness (QED) is 0.720. The number of nitrogens with one attached hydrogen (secondary N) is 1. The van der Waals surface area contributed by atoms with Gasteiger partial charge in [0.1, 0.15) is 0 Å². The van der Waals surface area contributed by atoms with Crippen LogP contribution < -0.4 is 10.2 Å². The molecule has 0 spiro atoms. The Morgan fingerprint density at radius 2 is 2.14 bits per heavy atom. The highest BCUT2D eigenvalue weighted by molar-refractivity contribution is 7.15. The van der Waals surface area contributed by atoms with Gasteiger partial charge in [0.15, 0.2) is 5.13 Å². The van der Waals surface area contributed by atoms with Crippen LogP contribution >= 0.6 is 11.3 Å². The Balaban J connectivity index is 1.91. The zero-order chi connectivity index (χ0) is 14.9. The van der Waals surface area contributed by atoms with Crippen LogP contribution in [0.2, 0.25) is 0 Å². The van der Waals surface area contributed by atoms with Crippen molar-refractivity contribution in [3.63, 3.8) is 0 Å². The molecule has 2 aromatic rings. The molecule has 114 valence electrons. The highest BCUT2D eigenvalue weighted by Crippen LogP contribution is 2.23. The van der Waals surface area contributed by atoms with Crippen LogP contribution in [0.1, 0.15) is 17.4 Å². The van der Waals surface area contributed by atoms with Gasteiger partial charge in [0.25, 0.3) is 0 Å². The number of hydrogen-bond acceptors (Lipinski definition) is 6. The van der Waals surface area contributed by atoms with Crippen molar-refractivity contribution in [3.8, 4) is 0 Å². The predicted molar refractivity (Wildman–Crippen MR) is 86.7 cm³/mol. The number of thiazole rings is 1. The van der Waals surface area contributed by atoms with Crippen LogP contribution in [0, 0.1) is 0 Å². The average molecular weight is 306 g/mol. The minimum atomic E-state index is 0.731. The van der Waals surface area contributed by atoms with Crippen LogP contribution in [0.15, 0.2) is 30.7 Å². The van der Waals surface area contributed by atoms with E-state index in [0.29, 0.717) is 0 Å². The van der Waals surface area contributed by atoms with E-state index in [-0.39, 0.29) is 0 Å². The molecule has 0 saturated carbocycles. The van der Waals surface area contributed by atoms with Crippen LogP contribution in [0.3, 0.4) is 0 Å². The fourth-order valence-electron chi connectivity index (χ4n) is 1.93. The molecule has 6 heteroatoms. The molecule has 2 rings (SSSR count). The van der Waals surface area contributed by atoms with E-state index >= 15 is 0 Å². The largest absolute Gasteiger partial charge is 0.383 e. The van der Waals surface area contributed by atoms with Crippen LogP contribution in [0.4, 0.5) is 5.13 Å². The normalized spacial score (nSPS) is 10.8. The van der Waals surface area contributed by atoms with Crippen molar-refractivity contribution in [2.75, 3.05) is 31.7 Å². The first-order valence-corrected chi connectivity index (χ1v) is 7.93. The number of anilines is 1. The monoisotopic (exact) mass is 306 g/mol. The molecule has 0 aromatic carbocycles. The van der Waals surface area contributed by atoms with Gasteiger partial charge in [-0.25, -0.2) is 4.98 Å². The Bertz CT molecular complexity index is 517. The van der Waals surface area contributed by atoms with E-state index in [2.05, 4.69) is 27.1 Å². The first-order chi connectivity index (χ1) is 10.3. The third-order valence-corrected chi connectivity index (χ3v) is 4.16. The number of methoxy groups -OCH3 is 1. The molecule has 0 amide bonds. The Hall–Kier alpha value is -1.50. The Labute approximate surface area is 130 Å². The van der Waals surface area contributed by atoms with Gasteiger partial charge < -0.3 is 15.0 Å². The molecule has 0 aliphatic carbocycles. The van der Waals surface area contributed by atoms with E-state index in [1.807, 2.05) is 30.7 Å². The number of aromatic nitrogens is 2. The number of rotatable bonds is 9. The molecule has 2 heterocycles. The van der Waals surface area contributed by atoms with Gasteiger partial charge in [0.05, 0.1) is 6.61 Å². The minimum absolute atomic E-state index is 0.731. The van der Waals surface area contributed by atoms with E-state index in [1.165, 1.54) is 10.4 Å². The second-order valence-corrected chi connectivity index (χ2v) is 5.74. The van der Waals surface area contributed by atoms with Gasteiger partial charge in [0, 0.05) is 56.8 Å². The van der Waals surface area contributed by atoms with Crippen molar-refractivity contribution in [1.82, 2.24) is 15.3 Å². The van der Waals surface area contributed by atoms with Crippen molar-refractivity contribution in [2.45, 2.75) is 20.0 Å². The average Bonchev–Trinajstić information content (AvgIpc) is 2.99. The van der Waals surface area contributed by atoms with E-state index in [4.69, 9.17) is 4.74 Å². The van der Waals surface area contributed by atoms with Crippen LogP contribution in [0.25, 0.3) is 0 Å². The summed E-state index contributed by atoms with van der Waals surface area (Å²) in [5.41, 5.74) is 1.25. The van der Waals surface area contributed by atoms with E-state index in [0.717, 1.165) is 37.9 Å². The summed E-state index contributed by atoms with van der Waals surface area (Å²) in [6, 6.07) is 4.09. The maximum Gasteiger partial charge on any atom is 0.185 e. The van der Waals surface area contributed by atoms with E-state index < -0.39 is 0 Å². The van der Waals surface area contributed by atoms with E-state index in [1.54, 1.807) is 18.4 Å². The fraction of sp³-hybridized carbons (Fsp3) is 0.467. The molecule has 0 atom stereocenters. The standard InChI is InChI=1S/C15H22N4OS/c1-3-19(12-13-4-6-16-7-5-13)15-18-11-14(21-15)10-17-8-9-20-2/h4-7,11,17H,3,8-10,12H2,1-2H3. The van der Waals surface area contributed by atoms with Gasteiger partial charge in [-0.1, -0.05) is 0 Å². The molecule has 0 unspecified atom stereocenters. The van der Waals surface area contributed by atoms with Crippen LogP contribution in [0.5, 0.6) is 0 Å². The molecule has 5 nitrogen and oxygen atoms in total. The van der Waals surface area contributed by atoms with Crippen molar-refractivity contribution < 1.29 is 4.74 Å². The Kier molecular flexibility index (Phi) is 6.59. The lowest BCUT2D eigenvalue weighted by atomic mass is 10.2. The molecule has 2 aromatic heterocycles. The second-order valence-electron chi connectivity index (χ2n) is 4.65. The molecule has 0 radical (unpaired) electrons. The molecule has 0 aliphatic heterocycles. The molecule has 21 heavy (non-hydrogen) atoms.